The summed E-state index contributed by atoms with van der Waals surface area (Å²) in [6.07, 6.45) is 9.65. The molecule has 0 aliphatic carbocycles. The highest BCUT2D eigenvalue weighted by atomic mass is 16.3. The van der Waals surface area contributed by atoms with Gasteiger partial charge in [0.05, 0.1) is 0 Å². The number of carbonyl (C=O) groups is 2. The average molecular weight is 440 g/mol. The molecule has 0 bridgehead atoms. The van der Waals surface area contributed by atoms with E-state index < -0.39 is 29.6 Å². The molecule has 2 rings (SSSR count). The van der Waals surface area contributed by atoms with E-state index >= 15 is 0 Å². The molecular formula is C26H33NO5. The fourth-order valence-electron chi connectivity index (χ4n) is 3.69. The molecule has 1 aliphatic heterocycles. The minimum atomic E-state index is -1.30. The summed E-state index contributed by atoms with van der Waals surface area (Å²) >= 11 is 0. The van der Waals surface area contributed by atoms with E-state index in [2.05, 4.69) is 32.2 Å². The van der Waals surface area contributed by atoms with Gasteiger partial charge in [-0.3, -0.25) is 9.59 Å². The van der Waals surface area contributed by atoms with Crippen molar-refractivity contribution in [3.05, 3.63) is 77.1 Å². The van der Waals surface area contributed by atoms with E-state index in [1.165, 1.54) is 30.3 Å². The first kappa shape index (κ1) is 25.1. The van der Waals surface area contributed by atoms with Crippen LogP contribution in [-0.4, -0.2) is 33.1 Å². The van der Waals surface area contributed by atoms with Crippen molar-refractivity contribution in [1.29, 1.82) is 0 Å². The maximum absolute atomic E-state index is 12.6. The van der Waals surface area contributed by atoms with Gasteiger partial charge in [0.1, 0.15) is 29.2 Å². The summed E-state index contributed by atoms with van der Waals surface area (Å²) in [5.41, 5.74) is 1.07. The third-order valence-corrected chi connectivity index (χ3v) is 5.59. The second-order valence-corrected chi connectivity index (χ2v) is 8.47. The lowest BCUT2D eigenvalue weighted by molar-refractivity contribution is -0.118. The van der Waals surface area contributed by atoms with Crippen LogP contribution in [0.1, 0.15) is 52.2 Å². The molecule has 1 amide bonds. The van der Waals surface area contributed by atoms with Crippen LogP contribution in [0.2, 0.25) is 0 Å². The van der Waals surface area contributed by atoms with Crippen LogP contribution in [0.25, 0.3) is 0 Å². The molecule has 4 N–H and O–H groups in total. The van der Waals surface area contributed by atoms with Crippen molar-refractivity contribution >= 4 is 11.7 Å². The van der Waals surface area contributed by atoms with Crippen molar-refractivity contribution in [2.45, 2.75) is 52.7 Å². The highest BCUT2D eigenvalue weighted by molar-refractivity contribution is 6.27. The third-order valence-electron chi connectivity index (χ3n) is 5.59. The van der Waals surface area contributed by atoms with Crippen LogP contribution in [0, 0.1) is 11.8 Å². The molecule has 1 saturated heterocycles. The highest BCUT2D eigenvalue weighted by Gasteiger charge is 2.42. The molecule has 1 aromatic carbocycles. The Balaban J connectivity index is 2.06. The van der Waals surface area contributed by atoms with Crippen LogP contribution >= 0.6 is 0 Å². The zero-order valence-corrected chi connectivity index (χ0v) is 19.1. The largest absolute Gasteiger partial charge is 0.508 e. The molecule has 1 fully saturated rings. The number of phenols is 1. The first-order valence-corrected chi connectivity index (χ1v) is 10.9. The number of amides is 1. The normalized spacial score (nSPS) is 21.8. The third kappa shape index (κ3) is 6.69. The Morgan fingerprint density at radius 2 is 1.75 bits per heavy atom. The standard InChI is InChI=1S/C26H33NO5/c1-5-16(2)14-18(4)15-17(3)8-6-7-9-21(29)22-25(31)23(27-26(22)32)24(30)19-10-12-20(28)13-11-19/h6-13,15-16,18,23-24,28-30H,5,14H2,1-4H3,(H,27,32)/t16-,18-,23-,24-/m1/s1. The summed E-state index contributed by atoms with van der Waals surface area (Å²) in [6.45, 7) is 8.61. The van der Waals surface area contributed by atoms with E-state index in [1.807, 2.05) is 13.0 Å². The summed E-state index contributed by atoms with van der Waals surface area (Å²) in [5, 5.41) is 32.5. The number of Topliss-reactive ketones (excluding diaryl/α,β-unsaturated/α-hetero) is 1. The van der Waals surface area contributed by atoms with E-state index in [-0.39, 0.29) is 11.3 Å². The van der Waals surface area contributed by atoms with E-state index in [1.54, 1.807) is 12.2 Å². The summed E-state index contributed by atoms with van der Waals surface area (Å²) in [5.74, 6) is -0.715. The number of ketones is 1. The van der Waals surface area contributed by atoms with Crippen molar-refractivity contribution in [2.75, 3.05) is 0 Å². The molecule has 1 heterocycles. The molecule has 0 saturated carbocycles. The highest BCUT2D eigenvalue weighted by Crippen LogP contribution is 2.26. The zero-order valence-electron chi connectivity index (χ0n) is 19.1. The molecule has 0 spiro atoms. The molecule has 6 nitrogen and oxygen atoms in total. The Morgan fingerprint density at radius 3 is 2.38 bits per heavy atom. The van der Waals surface area contributed by atoms with Gasteiger partial charge < -0.3 is 20.6 Å². The zero-order chi connectivity index (χ0) is 23.8. The second-order valence-electron chi connectivity index (χ2n) is 8.47. The van der Waals surface area contributed by atoms with Crippen molar-refractivity contribution in [3.63, 3.8) is 0 Å². The summed E-state index contributed by atoms with van der Waals surface area (Å²) in [4.78, 5) is 24.9. The summed E-state index contributed by atoms with van der Waals surface area (Å²) in [6, 6.07) is 4.48. The van der Waals surface area contributed by atoms with Crippen molar-refractivity contribution in [1.82, 2.24) is 5.32 Å². The van der Waals surface area contributed by atoms with Crippen molar-refractivity contribution in [2.24, 2.45) is 11.8 Å². The van der Waals surface area contributed by atoms with E-state index in [9.17, 15) is 24.9 Å². The van der Waals surface area contributed by atoms with Gasteiger partial charge >= 0.3 is 0 Å². The van der Waals surface area contributed by atoms with Gasteiger partial charge in [-0.05, 0) is 49.0 Å². The number of hydrogen-bond acceptors (Lipinski definition) is 5. The Hall–Kier alpha value is -3.12. The second kappa shape index (κ2) is 11.5. The van der Waals surface area contributed by atoms with Crippen LogP contribution in [0.4, 0.5) is 0 Å². The van der Waals surface area contributed by atoms with Gasteiger partial charge in [0.25, 0.3) is 5.91 Å². The SMILES string of the molecule is CC[C@@H](C)C[C@@H](C)C=C(C)C=CC=CC(O)=C1C(=O)N[C@H]([C@H](O)c2ccc(O)cc2)C1=O. The van der Waals surface area contributed by atoms with E-state index in [0.717, 1.165) is 18.4 Å². The number of nitrogens with one attached hydrogen (secondary N) is 1. The number of aliphatic hydroxyl groups is 2. The lowest BCUT2D eigenvalue weighted by Gasteiger charge is -2.16. The molecule has 6 heteroatoms. The molecule has 1 aliphatic rings. The molecule has 0 unspecified atom stereocenters. The predicted octanol–water partition coefficient (Wildman–Crippen LogP) is 4.44. The number of carbonyl (C=O) groups excluding carboxylic acids is 2. The topological polar surface area (TPSA) is 107 Å². The first-order chi connectivity index (χ1) is 15.1. The molecule has 172 valence electrons. The van der Waals surface area contributed by atoms with E-state index in [0.29, 0.717) is 17.4 Å². The number of hydrogen-bond donors (Lipinski definition) is 4. The number of allylic oxidation sites excluding steroid dienone is 6. The molecule has 32 heavy (non-hydrogen) atoms. The number of aliphatic hydroxyl groups excluding tert-OH is 2. The van der Waals surface area contributed by atoms with Crippen LogP contribution in [0.15, 0.2) is 71.6 Å². The Labute approximate surface area is 189 Å². The van der Waals surface area contributed by atoms with E-state index in [4.69, 9.17) is 0 Å². The molecule has 0 aromatic heterocycles. The van der Waals surface area contributed by atoms with Gasteiger partial charge in [0.15, 0.2) is 5.78 Å². The maximum Gasteiger partial charge on any atom is 0.259 e. The monoisotopic (exact) mass is 439 g/mol. The average Bonchev–Trinajstić information content (AvgIpc) is 3.04. The predicted molar refractivity (Wildman–Crippen MR) is 125 cm³/mol. The van der Waals surface area contributed by atoms with Gasteiger partial charge in [-0.15, -0.1) is 0 Å². The molecular weight excluding hydrogens is 406 g/mol. The quantitative estimate of drug-likeness (QED) is 0.197. The maximum atomic E-state index is 12.6. The van der Waals surface area contributed by atoms with Gasteiger partial charge in [-0.1, -0.05) is 69.2 Å². The minimum absolute atomic E-state index is 0.0224. The number of benzene rings is 1. The smallest absolute Gasteiger partial charge is 0.259 e. The summed E-state index contributed by atoms with van der Waals surface area (Å²) < 4.78 is 0. The number of phenolic OH excluding ortho intramolecular Hbond substituents is 1. The van der Waals surface area contributed by atoms with Gasteiger partial charge in [0, 0.05) is 0 Å². The van der Waals surface area contributed by atoms with Crippen LogP contribution < -0.4 is 5.32 Å². The lowest BCUT2D eigenvalue weighted by Crippen LogP contribution is -2.35. The van der Waals surface area contributed by atoms with Crippen LogP contribution in [0.5, 0.6) is 5.75 Å². The van der Waals surface area contributed by atoms with Crippen molar-refractivity contribution in [3.8, 4) is 5.75 Å². The van der Waals surface area contributed by atoms with Gasteiger partial charge in [-0.25, -0.2) is 0 Å². The fraction of sp³-hybridized carbons (Fsp3) is 0.385. The number of rotatable bonds is 9. The summed E-state index contributed by atoms with van der Waals surface area (Å²) in [7, 11) is 0. The van der Waals surface area contributed by atoms with Crippen LogP contribution in [0.3, 0.4) is 0 Å². The first-order valence-electron chi connectivity index (χ1n) is 10.9. The lowest BCUT2D eigenvalue weighted by atomic mass is 9.94. The molecule has 0 radical (unpaired) electrons. The Morgan fingerprint density at radius 1 is 1.12 bits per heavy atom. The fourth-order valence-corrected chi connectivity index (χ4v) is 3.69. The molecule has 1 aromatic rings. The van der Waals surface area contributed by atoms with Crippen molar-refractivity contribution < 1.29 is 24.9 Å². The Kier molecular flexibility index (Phi) is 9.02. The number of aromatic hydroxyl groups is 1. The van der Waals surface area contributed by atoms with Gasteiger partial charge in [-0.2, -0.15) is 0 Å². The van der Waals surface area contributed by atoms with Crippen LogP contribution in [-0.2, 0) is 9.59 Å². The molecule has 4 atom stereocenters. The van der Waals surface area contributed by atoms with Gasteiger partial charge in [0.2, 0.25) is 0 Å². The minimum Gasteiger partial charge on any atom is -0.508 e. The Bertz CT molecular complexity index is 939.